The fourth-order valence-electron chi connectivity index (χ4n) is 3.42. The number of hydrogen-bond donors (Lipinski definition) is 1. The Morgan fingerprint density at radius 3 is 2.37 bits per heavy atom. The number of aliphatic hydroxyl groups excluding tert-OH is 1. The zero-order valence-electron chi connectivity index (χ0n) is 16.9. The van der Waals surface area contributed by atoms with Crippen LogP contribution in [0.2, 0.25) is 0 Å². The van der Waals surface area contributed by atoms with Crippen LogP contribution < -0.4 is 4.74 Å². The topological polar surface area (TPSA) is 29.5 Å². The molecule has 0 bridgehead atoms. The van der Waals surface area contributed by atoms with E-state index in [0.29, 0.717) is 18.1 Å². The maximum atomic E-state index is 13.9. The van der Waals surface area contributed by atoms with Crippen LogP contribution >= 0.6 is 0 Å². The summed E-state index contributed by atoms with van der Waals surface area (Å²) in [6.07, 6.45) is 6.78. The fraction of sp³-hybridized carbons (Fsp3) is 0.500. The molecule has 0 aliphatic carbocycles. The summed E-state index contributed by atoms with van der Waals surface area (Å²) >= 11 is 0. The summed E-state index contributed by atoms with van der Waals surface area (Å²) in [6.45, 7) is 6.91. The average molecular weight is 373 g/mol. The van der Waals surface area contributed by atoms with E-state index in [2.05, 4.69) is 39.0 Å². The highest BCUT2D eigenvalue weighted by atomic mass is 19.1. The van der Waals surface area contributed by atoms with Crippen LogP contribution in [0.15, 0.2) is 36.4 Å². The largest absolute Gasteiger partial charge is 0.491 e. The van der Waals surface area contributed by atoms with Gasteiger partial charge in [-0.1, -0.05) is 50.5 Å². The van der Waals surface area contributed by atoms with Gasteiger partial charge in [0.15, 0.2) is 11.6 Å². The third-order valence-electron chi connectivity index (χ3n) is 5.25. The van der Waals surface area contributed by atoms with Gasteiger partial charge < -0.3 is 9.84 Å². The quantitative estimate of drug-likeness (QED) is 0.480. The van der Waals surface area contributed by atoms with Gasteiger partial charge in [-0.3, -0.25) is 0 Å². The summed E-state index contributed by atoms with van der Waals surface area (Å²) in [7, 11) is 0. The normalized spacial score (nSPS) is 12.2. The van der Waals surface area contributed by atoms with E-state index in [0.717, 1.165) is 19.3 Å². The summed E-state index contributed by atoms with van der Waals surface area (Å²) in [6, 6.07) is 11.4. The number of halogens is 1. The van der Waals surface area contributed by atoms with E-state index in [4.69, 9.17) is 9.84 Å². The van der Waals surface area contributed by atoms with E-state index in [1.807, 2.05) is 0 Å². The van der Waals surface area contributed by atoms with Crippen molar-refractivity contribution >= 4 is 0 Å². The molecule has 0 radical (unpaired) electrons. The van der Waals surface area contributed by atoms with Crippen LogP contribution in [0.3, 0.4) is 0 Å². The number of unbranched alkanes of at least 4 members (excludes halogenated alkanes) is 1. The molecular weight excluding hydrogens is 339 g/mol. The maximum Gasteiger partial charge on any atom is 0.165 e. The minimum absolute atomic E-state index is 0.158. The summed E-state index contributed by atoms with van der Waals surface area (Å²) in [5.41, 5.74) is 4.66. The molecule has 1 unspecified atom stereocenters. The minimum Gasteiger partial charge on any atom is -0.491 e. The Morgan fingerprint density at radius 1 is 0.963 bits per heavy atom. The Bertz CT molecular complexity index is 712. The van der Waals surface area contributed by atoms with E-state index in [9.17, 15) is 4.39 Å². The molecule has 148 valence electrons. The molecule has 0 aromatic heterocycles. The molecule has 0 saturated heterocycles. The fourth-order valence-corrected chi connectivity index (χ4v) is 3.42. The lowest BCUT2D eigenvalue weighted by atomic mass is 9.89. The van der Waals surface area contributed by atoms with Crippen LogP contribution in [0.4, 0.5) is 4.39 Å². The molecule has 27 heavy (non-hydrogen) atoms. The highest BCUT2D eigenvalue weighted by Gasteiger charge is 2.11. The third kappa shape index (κ3) is 6.99. The monoisotopic (exact) mass is 372 g/mol. The number of aliphatic hydroxyl groups is 1. The second-order valence-corrected chi connectivity index (χ2v) is 7.54. The molecule has 0 heterocycles. The zero-order valence-corrected chi connectivity index (χ0v) is 16.9. The number of benzene rings is 2. The highest BCUT2D eigenvalue weighted by Crippen LogP contribution is 2.23. The van der Waals surface area contributed by atoms with Crippen LogP contribution in [0.1, 0.15) is 61.3 Å². The van der Waals surface area contributed by atoms with E-state index in [1.165, 1.54) is 42.0 Å². The molecule has 1 N–H and O–H groups in total. The first-order valence-corrected chi connectivity index (χ1v) is 10.1. The van der Waals surface area contributed by atoms with Crippen LogP contribution in [0, 0.1) is 25.6 Å². The van der Waals surface area contributed by atoms with E-state index in [1.54, 1.807) is 12.1 Å². The van der Waals surface area contributed by atoms with Gasteiger partial charge in [-0.2, -0.15) is 0 Å². The lowest BCUT2D eigenvalue weighted by Gasteiger charge is -2.18. The molecule has 3 heteroatoms. The molecule has 2 aromatic carbocycles. The second kappa shape index (κ2) is 11.1. The molecule has 0 aliphatic rings. The van der Waals surface area contributed by atoms with E-state index >= 15 is 0 Å². The Labute approximate surface area is 163 Å². The van der Waals surface area contributed by atoms with Gasteiger partial charge in [0.1, 0.15) is 0 Å². The van der Waals surface area contributed by atoms with E-state index < -0.39 is 5.82 Å². The second-order valence-electron chi connectivity index (χ2n) is 7.54. The van der Waals surface area contributed by atoms with Crippen molar-refractivity contribution in [2.24, 2.45) is 5.92 Å². The van der Waals surface area contributed by atoms with E-state index in [-0.39, 0.29) is 12.4 Å². The molecule has 0 amide bonds. The van der Waals surface area contributed by atoms with Crippen LogP contribution in [-0.2, 0) is 13.0 Å². The summed E-state index contributed by atoms with van der Waals surface area (Å²) in [4.78, 5) is 0. The van der Waals surface area contributed by atoms with Gasteiger partial charge in [-0.15, -0.1) is 0 Å². The summed E-state index contributed by atoms with van der Waals surface area (Å²) < 4.78 is 19.5. The number of rotatable bonds is 11. The molecule has 0 spiro atoms. The van der Waals surface area contributed by atoms with Gasteiger partial charge in [0.25, 0.3) is 0 Å². The van der Waals surface area contributed by atoms with Crippen molar-refractivity contribution < 1.29 is 14.2 Å². The summed E-state index contributed by atoms with van der Waals surface area (Å²) in [5, 5.41) is 9.04. The van der Waals surface area contributed by atoms with Gasteiger partial charge in [0.2, 0.25) is 0 Å². The molecule has 2 nitrogen and oxygen atoms in total. The first-order chi connectivity index (χ1) is 13.0. The van der Waals surface area contributed by atoms with Crippen molar-refractivity contribution in [2.45, 2.75) is 65.9 Å². The maximum absolute atomic E-state index is 13.9. The Kier molecular flexibility index (Phi) is 8.80. The highest BCUT2D eigenvalue weighted by molar-refractivity contribution is 5.30. The Balaban J connectivity index is 1.85. The first kappa shape index (κ1) is 21.4. The molecule has 0 fully saturated rings. The third-order valence-corrected chi connectivity index (χ3v) is 5.25. The zero-order chi connectivity index (χ0) is 19.6. The van der Waals surface area contributed by atoms with Gasteiger partial charge in [-0.05, 0) is 73.4 Å². The lowest BCUT2D eigenvalue weighted by Crippen LogP contribution is -2.08. The standard InChI is InChI=1S/C24H33FO2/c1-4-5-7-20(15-21-10-9-18(2)19(3)14-21)8-6-13-27-24-12-11-22(17-26)16-23(24)25/h9-12,14,16,20,26H,4-8,13,15,17H2,1-3H3. The molecule has 0 aliphatic heterocycles. The van der Waals surface area contributed by atoms with Gasteiger partial charge in [0, 0.05) is 0 Å². The molecule has 0 saturated carbocycles. The Morgan fingerprint density at radius 2 is 1.70 bits per heavy atom. The lowest BCUT2D eigenvalue weighted by molar-refractivity contribution is 0.270. The average Bonchev–Trinajstić information content (AvgIpc) is 2.66. The van der Waals surface area contributed by atoms with Gasteiger partial charge in [0.05, 0.1) is 13.2 Å². The van der Waals surface area contributed by atoms with Crippen LogP contribution in [0.5, 0.6) is 5.75 Å². The van der Waals surface area contributed by atoms with Crippen LogP contribution in [0.25, 0.3) is 0 Å². The number of aryl methyl sites for hydroxylation is 2. The molecule has 2 aromatic rings. The molecule has 2 rings (SSSR count). The van der Waals surface area contributed by atoms with Crippen molar-refractivity contribution in [3.05, 3.63) is 64.5 Å². The molecule has 1 atom stereocenters. The van der Waals surface area contributed by atoms with Crippen LogP contribution in [-0.4, -0.2) is 11.7 Å². The minimum atomic E-state index is -0.404. The van der Waals surface area contributed by atoms with Gasteiger partial charge >= 0.3 is 0 Å². The smallest absolute Gasteiger partial charge is 0.165 e. The Hall–Kier alpha value is -1.87. The van der Waals surface area contributed by atoms with Crippen molar-refractivity contribution in [3.63, 3.8) is 0 Å². The van der Waals surface area contributed by atoms with Crippen molar-refractivity contribution in [3.8, 4) is 5.75 Å². The molecular formula is C24H33FO2. The summed E-state index contributed by atoms with van der Waals surface area (Å²) in [5.74, 6) is 0.503. The SMILES string of the molecule is CCCCC(CCCOc1ccc(CO)cc1F)Cc1ccc(C)c(C)c1. The van der Waals surface area contributed by atoms with Crippen molar-refractivity contribution in [1.29, 1.82) is 0 Å². The van der Waals surface area contributed by atoms with Gasteiger partial charge in [-0.25, -0.2) is 4.39 Å². The first-order valence-electron chi connectivity index (χ1n) is 10.1. The number of ether oxygens (including phenoxy) is 1. The van der Waals surface area contributed by atoms with Crippen molar-refractivity contribution in [2.75, 3.05) is 6.61 Å². The predicted molar refractivity (Wildman–Crippen MR) is 110 cm³/mol. The number of hydrogen-bond acceptors (Lipinski definition) is 2. The predicted octanol–water partition coefficient (Wildman–Crippen LogP) is 6.14. The van der Waals surface area contributed by atoms with Crippen molar-refractivity contribution in [1.82, 2.24) is 0 Å².